The van der Waals surface area contributed by atoms with Crippen LogP contribution in [0, 0.1) is 27.8 Å². The van der Waals surface area contributed by atoms with E-state index in [0.29, 0.717) is 5.56 Å². The maximum Gasteiger partial charge on any atom is 0.269 e. The third-order valence-electron chi connectivity index (χ3n) is 3.14. The van der Waals surface area contributed by atoms with E-state index < -0.39 is 10.7 Å². The number of nitrogens with zero attached hydrogens (tertiary/aromatic N) is 1. The summed E-state index contributed by atoms with van der Waals surface area (Å²) in [4.78, 5) is 21.7. The van der Waals surface area contributed by atoms with Gasteiger partial charge in [-0.2, -0.15) is 0 Å². The van der Waals surface area contributed by atoms with Crippen LogP contribution in [0.4, 0.5) is 10.1 Å². The summed E-state index contributed by atoms with van der Waals surface area (Å²) in [5.41, 5.74) is 0.648. The maximum atomic E-state index is 13.3. The minimum atomic E-state index is -0.491. The van der Waals surface area contributed by atoms with Crippen LogP contribution in [0.15, 0.2) is 54.6 Å². The molecule has 1 amide bonds. The molecule has 2 aromatic rings. The highest BCUT2D eigenvalue weighted by Gasteiger charge is 2.02. The number of amides is 1. The number of hydrogen-bond donors (Lipinski definition) is 1. The molecule has 7 heteroatoms. The number of benzene rings is 2. The molecule has 0 saturated carbocycles. The second kappa shape index (κ2) is 9.59. The van der Waals surface area contributed by atoms with Crippen LogP contribution in [0.1, 0.15) is 5.56 Å². The van der Waals surface area contributed by atoms with Crippen molar-refractivity contribution in [2.45, 2.75) is 0 Å². The van der Waals surface area contributed by atoms with Crippen molar-refractivity contribution in [1.82, 2.24) is 5.32 Å². The number of rotatable bonds is 6. The number of hydrogen-bond acceptors (Lipinski definition) is 4. The highest BCUT2D eigenvalue weighted by Crippen LogP contribution is 2.14. The van der Waals surface area contributed by atoms with E-state index in [1.54, 1.807) is 24.3 Å². The van der Waals surface area contributed by atoms with E-state index in [-0.39, 0.29) is 30.5 Å². The fraction of sp³-hybridized carbons (Fsp3) is 0.105. The van der Waals surface area contributed by atoms with Gasteiger partial charge in [-0.1, -0.05) is 24.0 Å². The Hall–Kier alpha value is -3.66. The highest BCUT2D eigenvalue weighted by atomic mass is 19.1. The quantitative estimate of drug-likeness (QED) is 0.374. The molecule has 0 heterocycles. The third kappa shape index (κ3) is 6.09. The fourth-order valence-electron chi connectivity index (χ4n) is 1.86. The summed E-state index contributed by atoms with van der Waals surface area (Å²) in [6.45, 7) is 0.125. The lowest BCUT2D eigenvalue weighted by Crippen LogP contribution is -2.21. The second-order valence-electron chi connectivity index (χ2n) is 4.97. The number of halogens is 1. The zero-order valence-corrected chi connectivity index (χ0v) is 13.6. The Balaban J connectivity index is 1.72. The predicted octanol–water partition coefficient (Wildman–Crippen LogP) is 2.95. The van der Waals surface area contributed by atoms with E-state index in [4.69, 9.17) is 4.74 Å². The minimum absolute atomic E-state index is 0.00936. The van der Waals surface area contributed by atoms with Crippen LogP contribution in [-0.4, -0.2) is 24.0 Å². The van der Waals surface area contributed by atoms with Crippen LogP contribution < -0.4 is 10.1 Å². The number of carbonyl (C=O) groups excluding carboxylic acids is 1. The predicted molar refractivity (Wildman–Crippen MR) is 94.8 cm³/mol. The van der Waals surface area contributed by atoms with Gasteiger partial charge in [0.15, 0.2) is 11.6 Å². The first-order valence-electron chi connectivity index (χ1n) is 7.59. The zero-order valence-electron chi connectivity index (χ0n) is 13.6. The number of carbonyl (C=O) groups is 1. The molecule has 0 saturated heterocycles. The lowest BCUT2D eigenvalue weighted by atomic mass is 10.2. The van der Waals surface area contributed by atoms with Gasteiger partial charge >= 0.3 is 0 Å². The van der Waals surface area contributed by atoms with E-state index in [2.05, 4.69) is 17.2 Å². The van der Waals surface area contributed by atoms with E-state index in [1.807, 2.05) is 0 Å². The van der Waals surface area contributed by atoms with Crippen LogP contribution in [0.3, 0.4) is 0 Å². The van der Waals surface area contributed by atoms with Crippen molar-refractivity contribution in [3.05, 3.63) is 76.1 Å². The summed E-state index contributed by atoms with van der Waals surface area (Å²) in [7, 11) is 0. The van der Waals surface area contributed by atoms with Crippen molar-refractivity contribution < 1.29 is 18.8 Å². The Morgan fingerprint density at radius 3 is 2.62 bits per heavy atom. The highest BCUT2D eigenvalue weighted by molar-refractivity contribution is 5.91. The van der Waals surface area contributed by atoms with Gasteiger partial charge in [0.25, 0.3) is 5.69 Å². The Morgan fingerprint density at radius 2 is 1.92 bits per heavy atom. The van der Waals surface area contributed by atoms with Crippen LogP contribution in [-0.2, 0) is 4.79 Å². The standard InChI is InChI=1S/C19H15FN2O4/c20-17-5-1-2-6-18(17)26-14-4-3-13-21-19(23)12-9-15-7-10-16(11-8-15)22(24)25/h1-2,5-12H,13-14H2,(H,21,23)/b12-9+. The first kappa shape index (κ1) is 18.7. The van der Waals surface area contributed by atoms with Crippen molar-refractivity contribution >= 4 is 17.7 Å². The van der Waals surface area contributed by atoms with Gasteiger partial charge in [-0.15, -0.1) is 0 Å². The molecule has 2 rings (SSSR count). The largest absolute Gasteiger partial charge is 0.478 e. The van der Waals surface area contributed by atoms with E-state index >= 15 is 0 Å². The Labute approximate surface area is 149 Å². The van der Waals surface area contributed by atoms with Crippen LogP contribution >= 0.6 is 0 Å². The van der Waals surface area contributed by atoms with Gasteiger partial charge in [-0.05, 0) is 35.9 Å². The van der Waals surface area contributed by atoms with Crippen LogP contribution in [0.25, 0.3) is 6.08 Å². The van der Waals surface area contributed by atoms with E-state index in [9.17, 15) is 19.3 Å². The number of nitro groups is 1. The summed E-state index contributed by atoms with van der Waals surface area (Å²) in [5.74, 6) is 4.66. The lowest BCUT2D eigenvalue weighted by Gasteiger charge is -2.01. The molecule has 0 unspecified atom stereocenters. The Kier molecular flexibility index (Phi) is 6.89. The first-order valence-corrected chi connectivity index (χ1v) is 7.59. The van der Waals surface area contributed by atoms with E-state index in [1.165, 1.54) is 36.4 Å². The number of para-hydroxylation sites is 1. The van der Waals surface area contributed by atoms with Gasteiger partial charge in [0.1, 0.15) is 6.61 Å². The molecule has 0 aliphatic carbocycles. The summed E-state index contributed by atoms with van der Waals surface area (Å²) in [5, 5.41) is 13.1. The van der Waals surface area contributed by atoms with Crippen molar-refractivity contribution in [3.8, 4) is 17.6 Å². The Morgan fingerprint density at radius 1 is 1.19 bits per heavy atom. The SMILES string of the molecule is O=C(/C=C/c1ccc([N+](=O)[O-])cc1)NCC#CCOc1ccccc1F. The topological polar surface area (TPSA) is 81.5 Å². The van der Waals surface area contributed by atoms with Crippen LogP contribution in [0.2, 0.25) is 0 Å². The molecule has 0 atom stereocenters. The van der Waals surface area contributed by atoms with Crippen molar-refractivity contribution in [2.24, 2.45) is 0 Å². The van der Waals surface area contributed by atoms with E-state index in [0.717, 1.165) is 0 Å². The molecule has 0 fully saturated rings. The molecule has 2 aromatic carbocycles. The maximum absolute atomic E-state index is 13.3. The summed E-state index contributed by atoms with van der Waals surface area (Å²) >= 11 is 0. The molecule has 0 aliphatic rings. The van der Waals surface area contributed by atoms with Gasteiger partial charge in [0.05, 0.1) is 11.5 Å². The molecule has 1 N–H and O–H groups in total. The summed E-state index contributed by atoms with van der Waals surface area (Å²) in [6.07, 6.45) is 2.84. The molecule has 26 heavy (non-hydrogen) atoms. The average molecular weight is 354 g/mol. The minimum Gasteiger partial charge on any atom is -0.478 e. The molecular weight excluding hydrogens is 339 g/mol. The normalized spacial score (nSPS) is 10.0. The first-order chi connectivity index (χ1) is 12.6. The average Bonchev–Trinajstić information content (AvgIpc) is 2.64. The zero-order chi connectivity index (χ0) is 18.8. The third-order valence-corrected chi connectivity index (χ3v) is 3.14. The summed E-state index contributed by atoms with van der Waals surface area (Å²) in [6, 6.07) is 11.8. The van der Waals surface area contributed by atoms with Gasteiger partial charge < -0.3 is 10.1 Å². The number of nitro benzene ring substituents is 1. The second-order valence-corrected chi connectivity index (χ2v) is 4.97. The molecule has 0 radical (unpaired) electrons. The van der Waals surface area contributed by atoms with Crippen molar-refractivity contribution in [2.75, 3.05) is 13.2 Å². The smallest absolute Gasteiger partial charge is 0.269 e. The molecule has 6 nitrogen and oxygen atoms in total. The molecule has 0 spiro atoms. The molecule has 0 aromatic heterocycles. The van der Waals surface area contributed by atoms with Crippen LogP contribution in [0.5, 0.6) is 5.75 Å². The molecule has 0 aliphatic heterocycles. The lowest BCUT2D eigenvalue weighted by molar-refractivity contribution is -0.384. The van der Waals surface area contributed by atoms with Crippen molar-refractivity contribution in [1.29, 1.82) is 0 Å². The Bertz CT molecular complexity index is 867. The summed E-state index contributed by atoms with van der Waals surface area (Å²) < 4.78 is 18.4. The van der Waals surface area contributed by atoms with Gasteiger partial charge in [-0.3, -0.25) is 14.9 Å². The molecular formula is C19H15FN2O4. The van der Waals surface area contributed by atoms with Gasteiger partial charge in [0.2, 0.25) is 5.91 Å². The molecule has 132 valence electrons. The fourth-order valence-corrected chi connectivity index (χ4v) is 1.86. The monoisotopic (exact) mass is 354 g/mol. The number of non-ortho nitro benzene ring substituents is 1. The van der Waals surface area contributed by atoms with Gasteiger partial charge in [-0.25, -0.2) is 4.39 Å². The number of nitrogens with one attached hydrogen (secondary N) is 1. The number of ether oxygens (including phenoxy) is 1. The van der Waals surface area contributed by atoms with Gasteiger partial charge in [0, 0.05) is 18.2 Å². The molecule has 0 bridgehead atoms. The van der Waals surface area contributed by atoms with Crippen molar-refractivity contribution in [3.63, 3.8) is 0 Å².